The summed E-state index contributed by atoms with van der Waals surface area (Å²) in [5.41, 5.74) is -1.06. The number of carboxylic acid groups (broad SMARTS) is 1. The van der Waals surface area contributed by atoms with Crippen LogP contribution in [0.15, 0.2) is 30.7 Å². The number of carbonyl (C=O) groups is 3. The lowest BCUT2D eigenvalue weighted by atomic mass is 9.72. The maximum atomic E-state index is 14.0. The Kier molecular flexibility index (Phi) is 8.46. The molecule has 202 valence electrons. The molecule has 3 amide bonds. The number of piperidine rings is 1. The number of likely N-dealkylation sites (N-methyl/N-ethyl adjacent to an activating group) is 1. The topological polar surface area (TPSA) is 121 Å². The van der Waals surface area contributed by atoms with Gasteiger partial charge in [-0.2, -0.15) is 5.10 Å². The fourth-order valence-electron chi connectivity index (χ4n) is 4.99. The first-order chi connectivity index (χ1) is 17.3. The maximum Gasteiger partial charge on any atom is 0.407 e. The summed E-state index contributed by atoms with van der Waals surface area (Å²) < 4.78 is 14.6. The minimum Gasteiger partial charge on any atom is -0.465 e. The van der Waals surface area contributed by atoms with Crippen molar-refractivity contribution in [2.75, 3.05) is 19.0 Å². The number of alkyl halides is 1. The first-order valence-electron chi connectivity index (χ1n) is 12.2. The number of aromatic nitrogens is 3. The van der Waals surface area contributed by atoms with Gasteiger partial charge in [-0.05, 0) is 37.3 Å². The monoisotopic (exact) mass is 536 g/mol. The number of carbonyl (C=O) groups excluding carboxylic acids is 2. The van der Waals surface area contributed by atoms with Crippen molar-refractivity contribution in [1.29, 1.82) is 0 Å². The van der Waals surface area contributed by atoms with E-state index >= 15 is 0 Å². The van der Waals surface area contributed by atoms with E-state index in [0.29, 0.717) is 11.4 Å². The molecular formula is C25H34ClFN6O4. The van der Waals surface area contributed by atoms with Crippen molar-refractivity contribution in [3.63, 3.8) is 0 Å². The molecule has 1 fully saturated rings. The van der Waals surface area contributed by atoms with Crippen LogP contribution in [0.2, 0.25) is 0 Å². The molecule has 10 nitrogen and oxygen atoms in total. The summed E-state index contributed by atoms with van der Waals surface area (Å²) >= 11 is 5.92. The highest BCUT2D eigenvalue weighted by Gasteiger charge is 2.54. The molecule has 2 N–H and O–H groups in total. The highest BCUT2D eigenvalue weighted by molar-refractivity contribution is 6.27. The zero-order valence-corrected chi connectivity index (χ0v) is 22.5. The predicted molar refractivity (Wildman–Crippen MR) is 136 cm³/mol. The number of amides is 3. The highest BCUT2D eigenvalue weighted by Crippen LogP contribution is 2.40. The van der Waals surface area contributed by atoms with Gasteiger partial charge < -0.3 is 20.2 Å². The summed E-state index contributed by atoms with van der Waals surface area (Å²) in [5, 5.41) is 16.7. The molecule has 2 aromatic rings. The Bertz CT molecular complexity index is 1130. The number of hydrogen-bond donors (Lipinski definition) is 2. The SMILES string of the molecule is CCN(C(=O)CCl)C1(C(=O)NC(C)c2ccc(-n3cc(F)cn3)nc2)CCN(C(=O)O)C(C(C)(C)C)C1. The van der Waals surface area contributed by atoms with Crippen LogP contribution in [0, 0.1) is 11.2 Å². The number of halogens is 2. The molecule has 1 aliphatic rings. The van der Waals surface area contributed by atoms with Crippen molar-refractivity contribution < 1.29 is 23.9 Å². The van der Waals surface area contributed by atoms with Gasteiger partial charge in [0, 0.05) is 31.7 Å². The van der Waals surface area contributed by atoms with Crippen LogP contribution in [0.1, 0.15) is 59.1 Å². The molecule has 37 heavy (non-hydrogen) atoms. The maximum absolute atomic E-state index is 14.0. The van der Waals surface area contributed by atoms with Crippen LogP contribution in [0.3, 0.4) is 0 Å². The van der Waals surface area contributed by atoms with E-state index in [1.165, 1.54) is 20.7 Å². The number of rotatable bonds is 7. The van der Waals surface area contributed by atoms with Crippen LogP contribution in [0.5, 0.6) is 0 Å². The van der Waals surface area contributed by atoms with E-state index in [4.69, 9.17) is 11.6 Å². The van der Waals surface area contributed by atoms with Gasteiger partial charge in [-0.25, -0.2) is 18.9 Å². The van der Waals surface area contributed by atoms with E-state index < -0.39 is 34.9 Å². The highest BCUT2D eigenvalue weighted by atomic mass is 35.5. The van der Waals surface area contributed by atoms with Crippen LogP contribution < -0.4 is 5.32 Å². The van der Waals surface area contributed by atoms with Crippen molar-refractivity contribution in [3.05, 3.63) is 42.1 Å². The molecule has 2 aromatic heterocycles. The van der Waals surface area contributed by atoms with Crippen molar-refractivity contribution in [2.45, 2.75) is 65.1 Å². The second-order valence-electron chi connectivity index (χ2n) is 10.4. The summed E-state index contributed by atoms with van der Waals surface area (Å²) in [6.45, 7) is 9.67. The zero-order chi connectivity index (χ0) is 27.5. The van der Waals surface area contributed by atoms with Gasteiger partial charge in [0.25, 0.3) is 0 Å². The van der Waals surface area contributed by atoms with E-state index in [2.05, 4.69) is 15.4 Å². The lowest BCUT2D eigenvalue weighted by Gasteiger charge is -2.53. The number of hydrogen-bond acceptors (Lipinski definition) is 5. The average Bonchev–Trinajstić information content (AvgIpc) is 3.29. The van der Waals surface area contributed by atoms with Gasteiger partial charge in [0.1, 0.15) is 11.4 Å². The predicted octanol–water partition coefficient (Wildman–Crippen LogP) is 3.60. The lowest BCUT2D eigenvalue weighted by molar-refractivity contribution is -0.152. The molecule has 3 atom stereocenters. The first-order valence-corrected chi connectivity index (χ1v) is 12.7. The molecule has 1 aliphatic heterocycles. The standard InChI is InChI=1S/C25H34ClFN6O4/c1-6-32(21(34)12-26)25(9-10-31(23(36)37)19(11-25)24(3,4)5)22(35)30-16(2)17-7-8-20(28-13-17)33-15-18(27)14-29-33/h7-8,13-16,19H,6,9-12H2,1-5H3,(H,30,35)(H,36,37). The molecule has 0 aromatic carbocycles. The zero-order valence-electron chi connectivity index (χ0n) is 21.7. The molecule has 3 heterocycles. The fourth-order valence-corrected chi connectivity index (χ4v) is 5.13. The van der Waals surface area contributed by atoms with Gasteiger partial charge in [0.15, 0.2) is 11.6 Å². The Hall–Kier alpha value is -3.21. The van der Waals surface area contributed by atoms with E-state index in [1.807, 2.05) is 20.8 Å². The quantitative estimate of drug-likeness (QED) is 0.522. The molecule has 3 unspecified atom stereocenters. The largest absolute Gasteiger partial charge is 0.465 e. The first kappa shape index (κ1) is 28.4. The lowest BCUT2D eigenvalue weighted by Crippen LogP contribution is -2.69. The minimum absolute atomic E-state index is 0.0990. The molecule has 0 aliphatic carbocycles. The number of nitrogens with zero attached hydrogens (tertiary/aromatic N) is 5. The van der Waals surface area contributed by atoms with E-state index in [0.717, 1.165) is 6.20 Å². The van der Waals surface area contributed by atoms with Gasteiger partial charge in [0.05, 0.1) is 18.4 Å². The average molecular weight is 537 g/mol. The summed E-state index contributed by atoms with van der Waals surface area (Å²) in [6, 6.07) is 2.44. The van der Waals surface area contributed by atoms with E-state index in [-0.39, 0.29) is 43.6 Å². The van der Waals surface area contributed by atoms with E-state index in [9.17, 15) is 23.9 Å². The van der Waals surface area contributed by atoms with Gasteiger partial charge in [-0.1, -0.05) is 26.8 Å². The molecule has 1 saturated heterocycles. The molecule has 0 spiro atoms. The van der Waals surface area contributed by atoms with Crippen LogP contribution in [0.25, 0.3) is 5.82 Å². The Balaban J connectivity index is 1.92. The van der Waals surface area contributed by atoms with Crippen LogP contribution in [0.4, 0.5) is 9.18 Å². The Morgan fingerprint density at radius 1 is 1.32 bits per heavy atom. The second-order valence-corrected chi connectivity index (χ2v) is 10.6. The van der Waals surface area contributed by atoms with Crippen molar-refractivity contribution in [2.24, 2.45) is 5.41 Å². The van der Waals surface area contributed by atoms with Crippen molar-refractivity contribution in [1.82, 2.24) is 29.9 Å². The molecule has 0 bridgehead atoms. The summed E-state index contributed by atoms with van der Waals surface area (Å²) in [7, 11) is 0. The number of pyridine rings is 1. The van der Waals surface area contributed by atoms with Gasteiger partial charge >= 0.3 is 6.09 Å². The number of likely N-dealkylation sites (tertiary alicyclic amines) is 1. The van der Waals surface area contributed by atoms with Gasteiger partial charge in [-0.15, -0.1) is 11.6 Å². The normalized spacial score (nSPS) is 20.8. The van der Waals surface area contributed by atoms with Crippen LogP contribution >= 0.6 is 11.6 Å². The third-order valence-electron chi connectivity index (χ3n) is 6.99. The Labute approximate surface area is 220 Å². The van der Waals surface area contributed by atoms with E-state index in [1.54, 1.807) is 32.2 Å². The number of nitrogens with one attached hydrogen (secondary N) is 1. The summed E-state index contributed by atoms with van der Waals surface area (Å²) in [5.74, 6) is -1.12. The summed E-state index contributed by atoms with van der Waals surface area (Å²) in [6.07, 6.45) is 3.08. The summed E-state index contributed by atoms with van der Waals surface area (Å²) in [4.78, 5) is 46.0. The third kappa shape index (κ3) is 5.87. The third-order valence-corrected chi connectivity index (χ3v) is 7.22. The van der Waals surface area contributed by atoms with Crippen molar-refractivity contribution in [3.8, 4) is 5.82 Å². The second kappa shape index (κ2) is 11.0. The fraction of sp³-hybridized carbons (Fsp3) is 0.560. The molecule has 12 heteroatoms. The van der Waals surface area contributed by atoms with Crippen LogP contribution in [-0.2, 0) is 9.59 Å². The smallest absolute Gasteiger partial charge is 0.407 e. The van der Waals surface area contributed by atoms with Gasteiger partial charge in [-0.3, -0.25) is 9.59 Å². The van der Waals surface area contributed by atoms with Crippen LogP contribution in [-0.4, -0.2) is 78.1 Å². The molecular weight excluding hydrogens is 503 g/mol. The Morgan fingerprint density at radius 2 is 2.03 bits per heavy atom. The minimum atomic E-state index is -1.28. The Morgan fingerprint density at radius 3 is 2.51 bits per heavy atom. The molecule has 3 rings (SSSR count). The van der Waals surface area contributed by atoms with Crippen molar-refractivity contribution >= 4 is 29.5 Å². The van der Waals surface area contributed by atoms with Gasteiger partial charge in [0.2, 0.25) is 11.8 Å². The molecule has 0 saturated carbocycles. The molecule has 0 radical (unpaired) electrons.